The molecular weight excluding hydrogens is 226 g/mol. The molecule has 86 valence electrons. The highest BCUT2D eigenvalue weighted by atomic mass is 35.5. The molecule has 0 spiro atoms. The molecule has 5 heteroatoms. The number of nitrogens with one attached hydrogen (secondary N) is 2. The molecule has 0 saturated carbocycles. The third kappa shape index (κ3) is 1.97. The lowest BCUT2D eigenvalue weighted by atomic mass is 9.97. The number of nitrogens with zero attached hydrogens (tertiary/aromatic N) is 1. The van der Waals surface area contributed by atoms with Crippen LogP contribution in [-0.2, 0) is 4.79 Å². The van der Waals surface area contributed by atoms with Gasteiger partial charge in [0.25, 0.3) is 0 Å². The standard InChI is InChI=1S/C11H14ClN3O/c1-3-6(2)9-11(16)14-8-4-7(12)5-13-10(8)15-9/h4-6,9H,3H2,1-2H3,(H,13,15)(H,14,16). The van der Waals surface area contributed by atoms with Gasteiger partial charge in [-0.2, -0.15) is 0 Å². The van der Waals surface area contributed by atoms with E-state index in [2.05, 4.69) is 22.5 Å². The number of carbonyl (C=O) groups excluding carboxylic acids is 1. The fourth-order valence-electron chi connectivity index (χ4n) is 1.71. The first-order chi connectivity index (χ1) is 7.61. The molecule has 2 rings (SSSR count). The van der Waals surface area contributed by atoms with Crippen LogP contribution < -0.4 is 10.6 Å². The lowest BCUT2D eigenvalue weighted by Crippen LogP contribution is -2.43. The van der Waals surface area contributed by atoms with Crippen molar-refractivity contribution in [2.75, 3.05) is 10.6 Å². The van der Waals surface area contributed by atoms with E-state index in [0.717, 1.165) is 6.42 Å². The van der Waals surface area contributed by atoms with Crippen LogP contribution >= 0.6 is 11.6 Å². The summed E-state index contributed by atoms with van der Waals surface area (Å²) in [7, 11) is 0. The molecule has 1 aromatic rings. The van der Waals surface area contributed by atoms with Gasteiger partial charge >= 0.3 is 0 Å². The van der Waals surface area contributed by atoms with Gasteiger partial charge < -0.3 is 10.6 Å². The molecule has 0 aromatic carbocycles. The van der Waals surface area contributed by atoms with Gasteiger partial charge in [0.05, 0.1) is 10.7 Å². The summed E-state index contributed by atoms with van der Waals surface area (Å²) in [6.07, 6.45) is 2.51. The van der Waals surface area contributed by atoms with Crippen molar-refractivity contribution in [3.63, 3.8) is 0 Å². The highest BCUT2D eigenvalue weighted by Crippen LogP contribution is 2.29. The van der Waals surface area contributed by atoms with Crippen molar-refractivity contribution in [2.45, 2.75) is 26.3 Å². The summed E-state index contributed by atoms with van der Waals surface area (Å²) in [5.74, 6) is 0.936. The number of carbonyl (C=O) groups is 1. The molecule has 4 nitrogen and oxygen atoms in total. The molecule has 2 heterocycles. The van der Waals surface area contributed by atoms with Crippen LogP contribution in [0, 0.1) is 5.92 Å². The van der Waals surface area contributed by atoms with E-state index < -0.39 is 0 Å². The van der Waals surface area contributed by atoms with Crippen molar-refractivity contribution < 1.29 is 4.79 Å². The lowest BCUT2D eigenvalue weighted by molar-refractivity contribution is -0.118. The van der Waals surface area contributed by atoms with Crippen LogP contribution in [0.4, 0.5) is 11.5 Å². The molecule has 1 aromatic heterocycles. The van der Waals surface area contributed by atoms with Gasteiger partial charge in [-0.15, -0.1) is 0 Å². The Labute approximate surface area is 99.4 Å². The normalized spacial score (nSPS) is 20.7. The van der Waals surface area contributed by atoms with Crippen molar-refractivity contribution in [3.8, 4) is 0 Å². The van der Waals surface area contributed by atoms with E-state index in [9.17, 15) is 4.79 Å². The van der Waals surface area contributed by atoms with Gasteiger partial charge in [-0.3, -0.25) is 4.79 Å². The Kier molecular flexibility index (Phi) is 3.01. The predicted molar refractivity (Wildman–Crippen MR) is 64.7 cm³/mol. The van der Waals surface area contributed by atoms with Crippen LogP contribution in [0.1, 0.15) is 20.3 Å². The first-order valence-corrected chi connectivity index (χ1v) is 5.72. The lowest BCUT2D eigenvalue weighted by Gasteiger charge is -2.29. The van der Waals surface area contributed by atoms with E-state index in [-0.39, 0.29) is 17.9 Å². The Balaban J connectivity index is 2.28. The summed E-state index contributed by atoms with van der Waals surface area (Å²) < 4.78 is 0. The molecule has 1 amide bonds. The first-order valence-electron chi connectivity index (χ1n) is 5.34. The number of pyridine rings is 1. The Hall–Kier alpha value is -1.29. The Morgan fingerprint density at radius 1 is 1.62 bits per heavy atom. The molecule has 0 aliphatic carbocycles. The van der Waals surface area contributed by atoms with E-state index in [1.807, 2.05) is 6.92 Å². The fraction of sp³-hybridized carbons (Fsp3) is 0.455. The van der Waals surface area contributed by atoms with Crippen molar-refractivity contribution in [1.29, 1.82) is 0 Å². The molecule has 2 atom stereocenters. The number of rotatable bonds is 2. The van der Waals surface area contributed by atoms with Crippen LogP contribution in [0.2, 0.25) is 5.02 Å². The number of amides is 1. The first kappa shape index (κ1) is 11.2. The third-order valence-corrected chi connectivity index (χ3v) is 3.11. The van der Waals surface area contributed by atoms with Crippen LogP contribution in [0.15, 0.2) is 12.3 Å². The van der Waals surface area contributed by atoms with Crippen molar-refractivity contribution in [1.82, 2.24) is 4.98 Å². The minimum atomic E-state index is -0.217. The van der Waals surface area contributed by atoms with Crippen molar-refractivity contribution in [2.24, 2.45) is 5.92 Å². The van der Waals surface area contributed by atoms with E-state index in [1.54, 1.807) is 12.3 Å². The Bertz CT molecular complexity index is 422. The Morgan fingerprint density at radius 2 is 2.38 bits per heavy atom. The molecule has 1 aliphatic rings. The molecule has 0 bridgehead atoms. The number of fused-ring (bicyclic) bond motifs is 1. The zero-order chi connectivity index (χ0) is 11.7. The number of anilines is 2. The summed E-state index contributed by atoms with van der Waals surface area (Å²) in [5.41, 5.74) is 0.650. The molecule has 0 radical (unpaired) electrons. The average molecular weight is 240 g/mol. The molecule has 0 fully saturated rings. The van der Waals surface area contributed by atoms with Crippen molar-refractivity contribution in [3.05, 3.63) is 17.3 Å². The topological polar surface area (TPSA) is 54.0 Å². The maximum atomic E-state index is 11.8. The summed E-state index contributed by atoms with van der Waals surface area (Å²) in [5, 5.41) is 6.48. The second kappa shape index (κ2) is 4.29. The second-order valence-corrected chi connectivity index (χ2v) is 4.48. The molecular formula is C11H14ClN3O. The number of aromatic nitrogens is 1. The van der Waals surface area contributed by atoms with E-state index in [1.165, 1.54) is 0 Å². The van der Waals surface area contributed by atoms with Gasteiger partial charge in [-0.25, -0.2) is 4.98 Å². The van der Waals surface area contributed by atoms with Crippen LogP contribution in [0.3, 0.4) is 0 Å². The molecule has 2 unspecified atom stereocenters. The molecule has 0 saturated heterocycles. The number of hydrogen-bond donors (Lipinski definition) is 2. The fourth-order valence-corrected chi connectivity index (χ4v) is 1.87. The minimum absolute atomic E-state index is 0.0223. The van der Waals surface area contributed by atoms with Crippen LogP contribution in [-0.4, -0.2) is 16.9 Å². The van der Waals surface area contributed by atoms with Crippen LogP contribution in [0.5, 0.6) is 0 Å². The summed E-state index contributed by atoms with van der Waals surface area (Å²) >= 11 is 5.81. The maximum absolute atomic E-state index is 11.8. The molecule has 1 aliphatic heterocycles. The summed E-state index contributed by atoms with van der Waals surface area (Å²) in [6.45, 7) is 4.10. The number of halogens is 1. The maximum Gasteiger partial charge on any atom is 0.247 e. The van der Waals surface area contributed by atoms with Gasteiger partial charge in [-0.1, -0.05) is 31.9 Å². The van der Waals surface area contributed by atoms with E-state index >= 15 is 0 Å². The average Bonchev–Trinajstić information content (AvgIpc) is 2.27. The van der Waals surface area contributed by atoms with Gasteiger partial charge in [0, 0.05) is 6.20 Å². The van der Waals surface area contributed by atoms with Gasteiger partial charge in [0.15, 0.2) is 5.82 Å². The van der Waals surface area contributed by atoms with Gasteiger partial charge in [0.1, 0.15) is 6.04 Å². The van der Waals surface area contributed by atoms with Crippen molar-refractivity contribution >= 4 is 29.0 Å². The monoisotopic (exact) mass is 239 g/mol. The molecule has 16 heavy (non-hydrogen) atoms. The highest BCUT2D eigenvalue weighted by Gasteiger charge is 2.29. The highest BCUT2D eigenvalue weighted by molar-refractivity contribution is 6.31. The quantitative estimate of drug-likeness (QED) is 0.834. The summed E-state index contributed by atoms with van der Waals surface area (Å²) in [6, 6.07) is 1.48. The Morgan fingerprint density at radius 3 is 3.06 bits per heavy atom. The molecule has 2 N–H and O–H groups in total. The zero-order valence-electron chi connectivity index (χ0n) is 9.25. The van der Waals surface area contributed by atoms with E-state index in [4.69, 9.17) is 11.6 Å². The largest absolute Gasteiger partial charge is 0.356 e. The SMILES string of the molecule is CCC(C)C1Nc2ncc(Cl)cc2NC1=O. The second-order valence-electron chi connectivity index (χ2n) is 4.05. The van der Waals surface area contributed by atoms with Crippen LogP contribution in [0.25, 0.3) is 0 Å². The van der Waals surface area contributed by atoms with Gasteiger partial charge in [-0.05, 0) is 12.0 Å². The number of hydrogen-bond acceptors (Lipinski definition) is 3. The summed E-state index contributed by atoms with van der Waals surface area (Å²) in [4.78, 5) is 16.0. The van der Waals surface area contributed by atoms with E-state index in [0.29, 0.717) is 16.5 Å². The third-order valence-electron chi connectivity index (χ3n) is 2.90. The minimum Gasteiger partial charge on any atom is -0.356 e. The zero-order valence-corrected chi connectivity index (χ0v) is 10.0. The smallest absolute Gasteiger partial charge is 0.247 e. The van der Waals surface area contributed by atoms with Gasteiger partial charge in [0.2, 0.25) is 5.91 Å². The predicted octanol–water partition coefficient (Wildman–Crippen LogP) is 2.51.